The van der Waals surface area contributed by atoms with E-state index < -0.39 is 5.82 Å². The molecule has 4 rings (SSSR count). The SMILES string of the molecule is O=C(COc1cccc(F)c1)Nc1ccc(-c2ccc(N3CCCCC3)nn2)cc1. The molecule has 3 aromatic rings. The lowest BCUT2D eigenvalue weighted by atomic mass is 10.1. The van der Waals surface area contributed by atoms with E-state index in [0.717, 1.165) is 30.2 Å². The number of halogens is 1. The minimum absolute atomic E-state index is 0.200. The molecule has 1 saturated heterocycles. The van der Waals surface area contributed by atoms with Crippen LogP contribution < -0.4 is 15.0 Å². The van der Waals surface area contributed by atoms with Gasteiger partial charge in [0, 0.05) is 30.4 Å². The molecule has 7 heteroatoms. The van der Waals surface area contributed by atoms with Crippen LogP contribution in [0.2, 0.25) is 0 Å². The third-order valence-corrected chi connectivity index (χ3v) is 4.96. The standard InChI is InChI=1S/C23H23FN4O2/c24-18-5-4-6-20(15-18)30-16-23(29)25-19-9-7-17(8-10-19)21-11-12-22(27-26-21)28-13-2-1-3-14-28/h4-12,15H,1-3,13-14,16H2,(H,25,29). The number of nitrogens with one attached hydrogen (secondary N) is 1. The highest BCUT2D eigenvalue weighted by Crippen LogP contribution is 2.22. The highest BCUT2D eigenvalue weighted by atomic mass is 19.1. The number of anilines is 2. The van der Waals surface area contributed by atoms with Crippen molar-refractivity contribution in [3.05, 3.63) is 66.5 Å². The van der Waals surface area contributed by atoms with Crippen molar-refractivity contribution in [3.8, 4) is 17.0 Å². The molecule has 1 aliphatic rings. The number of piperidine rings is 1. The van der Waals surface area contributed by atoms with Gasteiger partial charge in [0.1, 0.15) is 11.6 Å². The summed E-state index contributed by atoms with van der Waals surface area (Å²) in [6, 6.07) is 17.0. The van der Waals surface area contributed by atoms with Gasteiger partial charge in [0.2, 0.25) is 0 Å². The van der Waals surface area contributed by atoms with E-state index in [1.54, 1.807) is 18.2 Å². The Morgan fingerprint density at radius 2 is 1.80 bits per heavy atom. The van der Waals surface area contributed by atoms with E-state index in [-0.39, 0.29) is 12.5 Å². The summed E-state index contributed by atoms with van der Waals surface area (Å²) < 4.78 is 18.4. The van der Waals surface area contributed by atoms with Gasteiger partial charge in [0.05, 0.1) is 5.69 Å². The van der Waals surface area contributed by atoms with Gasteiger partial charge in [-0.05, 0) is 55.7 Å². The topological polar surface area (TPSA) is 67.3 Å². The Kier molecular flexibility index (Phi) is 6.17. The monoisotopic (exact) mass is 406 g/mol. The van der Waals surface area contributed by atoms with Crippen LogP contribution in [0.1, 0.15) is 19.3 Å². The normalized spacial score (nSPS) is 13.7. The molecule has 2 aromatic carbocycles. The lowest BCUT2D eigenvalue weighted by Crippen LogP contribution is -2.30. The van der Waals surface area contributed by atoms with E-state index in [4.69, 9.17) is 4.74 Å². The minimum Gasteiger partial charge on any atom is -0.484 e. The molecule has 0 spiro atoms. The van der Waals surface area contributed by atoms with E-state index in [0.29, 0.717) is 11.4 Å². The maximum Gasteiger partial charge on any atom is 0.262 e. The summed E-state index contributed by atoms with van der Waals surface area (Å²) in [5.41, 5.74) is 2.34. The van der Waals surface area contributed by atoms with Gasteiger partial charge in [-0.25, -0.2) is 4.39 Å². The minimum atomic E-state index is -0.407. The quantitative estimate of drug-likeness (QED) is 0.661. The van der Waals surface area contributed by atoms with Crippen molar-refractivity contribution in [1.82, 2.24) is 10.2 Å². The van der Waals surface area contributed by atoms with Crippen molar-refractivity contribution in [2.24, 2.45) is 0 Å². The Balaban J connectivity index is 1.32. The van der Waals surface area contributed by atoms with Gasteiger partial charge in [0.25, 0.3) is 5.91 Å². The summed E-state index contributed by atoms with van der Waals surface area (Å²) in [5.74, 6) is 0.501. The predicted octanol–water partition coefficient (Wildman–Crippen LogP) is 4.29. The summed E-state index contributed by atoms with van der Waals surface area (Å²) >= 11 is 0. The molecule has 2 heterocycles. The molecule has 0 atom stereocenters. The molecular weight excluding hydrogens is 383 g/mol. The number of amides is 1. The predicted molar refractivity (Wildman–Crippen MR) is 114 cm³/mol. The molecule has 1 N–H and O–H groups in total. The van der Waals surface area contributed by atoms with Gasteiger partial charge in [-0.3, -0.25) is 4.79 Å². The van der Waals surface area contributed by atoms with Gasteiger partial charge in [0.15, 0.2) is 12.4 Å². The third kappa shape index (κ3) is 5.11. The van der Waals surface area contributed by atoms with E-state index in [1.165, 1.54) is 37.5 Å². The summed E-state index contributed by atoms with van der Waals surface area (Å²) in [6.07, 6.45) is 3.68. The van der Waals surface area contributed by atoms with Crippen LogP contribution in [0, 0.1) is 5.82 Å². The Morgan fingerprint density at radius 1 is 1.00 bits per heavy atom. The van der Waals surface area contributed by atoms with Crippen LogP contribution >= 0.6 is 0 Å². The molecule has 0 bridgehead atoms. The molecule has 30 heavy (non-hydrogen) atoms. The van der Waals surface area contributed by atoms with E-state index in [1.807, 2.05) is 24.3 Å². The van der Waals surface area contributed by atoms with Gasteiger partial charge >= 0.3 is 0 Å². The number of rotatable bonds is 6. The fraction of sp³-hybridized carbons (Fsp3) is 0.261. The summed E-state index contributed by atoms with van der Waals surface area (Å²) in [6.45, 7) is 1.87. The van der Waals surface area contributed by atoms with Gasteiger partial charge in [-0.15, -0.1) is 10.2 Å². The average molecular weight is 406 g/mol. The zero-order valence-electron chi connectivity index (χ0n) is 16.6. The first kappa shape index (κ1) is 19.8. The number of aromatic nitrogens is 2. The highest BCUT2D eigenvalue weighted by Gasteiger charge is 2.13. The molecule has 1 fully saturated rings. The van der Waals surface area contributed by atoms with Gasteiger partial charge in [-0.1, -0.05) is 18.2 Å². The summed E-state index contributed by atoms with van der Waals surface area (Å²) in [7, 11) is 0. The van der Waals surface area contributed by atoms with Crippen LogP contribution in [-0.4, -0.2) is 35.8 Å². The number of carbonyl (C=O) groups excluding carboxylic acids is 1. The second kappa shape index (κ2) is 9.35. The van der Waals surface area contributed by atoms with Crippen LogP contribution in [-0.2, 0) is 4.79 Å². The van der Waals surface area contributed by atoms with Crippen molar-refractivity contribution in [2.45, 2.75) is 19.3 Å². The number of benzene rings is 2. The van der Waals surface area contributed by atoms with Crippen molar-refractivity contribution in [1.29, 1.82) is 0 Å². The highest BCUT2D eigenvalue weighted by molar-refractivity contribution is 5.92. The van der Waals surface area contributed by atoms with Crippen LogP contribution in [0.3, 0.4) is 0 Å². The Morgan fingerprint density at radius 3 is 2.50 bits per heavy atom. The summed E-state index contributed by atoms with van der Waals surface area (Å²) in [4.78, 5) is 14.3. The lowest BCUT2D eigenvalue weighted by molar-refractivity contribution is -0.118. The molecule has 0 radical (unpaired) electrons. The zero-order chi connectivity index (χ0) is 20.8. The molecule has 0 unspecified atom stereocenters. The summed E-state index contributed by atoms with van der Waals surface area (Å²) in [5, 5.41) is 11.5. The second-order valence-corrected chi connectivity index (χ2v) is 7.20. The molecule has 0 saturated carbocycles. The maximum absolute atomic E-state index is 13.1. The number of ether oxygens (including phenoxy) is 1. The molecule has 1 aliphatic heterocycles. The Hall–Kier alpha value is -3.48. The van der Waals surface area contributed by atoms with Gasteiger partial charge in [-0.2, -0.15) is 0 Å². The zero-order valence-corrected chi connectivity index (χ0v) is 16.6. The van der Waals surface area contributed by atoms with Crippen molar-refractivity contribution in [3.63, 3.8) is 0 Å². The fourth-order valence-corrected chi connectivity index (χ4v) is 3.40. The first-order valence-electron chi connectivity index (χ1n) is 10.0. The van der Waals surface area contributed by atoms with Crippen molar-refractivity contribution < 1.29 is 13.9 Å². The molecule has 0 aliphatic carbocycles. The van der Waals surface area contributed by atoms with Crippen LogP contribution in [0.4, 0.5) is 15.9 Å². The van der Waals surface area contributed by atoms with Gasteiger partial charge < -0.3 is 15.0 Å². The third-order valence-electron chi connectivity index (χ3n) is 4.96. The van der Waals surface area contributed by atoms with E-state index >= 15 is 0 Å². The Bertz CT molecular complexity index is 987. The van der Waals surface area contributed by atoms with Crippen molar-refractivity contribution in [2.75, 3.05) is 29.9 Å². The largest absolute Gasteiger partial charge is 0.484 e. The number of hydrogen-bond donors (Lipinski definition) is 1. The maximum atomic E-state index is 13.1. The molecule has 1 aromatic heterocycles. The molecule has 154 valence electrons. The second-order valence-electron chi connectivity index (χ2n) is 7.20. The number of carbonyl (C=O) groups is 1. The number of nitrogens with zero attached hydrogens (tertiary/aromatic N) is 3. The van der Waals surface area contributed by atoms with Crippen LogP contribution in [0.25, 0.3) is 11.3 Å². The molecule has 1 amide bonds. The van der Waals surface area contributed by atoms with E-state index in [2.05, 4.69) is 20.4 Å². The van der Waals surface area contributed by atoms with E-state index in [9.17, 15) is 9.18 Å². The first-order valence-corrected chi connectivity index (χ1v) is 10.0. The first-order chi connectivity index (χ1) is 14.7. The lowest BCUT2D eigenvalue weighted by Gasteiger charge is -2.27. The number of hydrogen-bond acceptors (Lipinski definition) is 5. The fourth-order valence-electron chi connectivity index (χ4n) is 3.40. The smallest absolute Gasteiger partial charge is 0.262 e. The Labute approximate surface area is 174 Å². The molecule has 6 nitrogen and oxygen atoms in total. The molecular formula is C23H23FN4O2. The van der Waals surface area contributed by atoms with Crippen molar-refractivity contribution >= 4 is 17.4 Å². The van der Waals surface area contributed by atoms with Crippen LogP contribution in [0.15, 0.2) is 60.7 Å². The van der Waals surface area contributed by atoms with Crippen LogP contribution in [0.5, 0.6) is 5.75 Å². The average Bonchev–Trinajstić information content (AvgIpc) is 2.79.